The van der Waals surface area contributed by atoms with Crippen molar-refractivity contribution in [1.82, 2.24) is 0 Å². The van der Waals surface area contributed by atoms with Gasteiger partial charge in [-0.1, -0.05) is 130 Å². The molecule has 6 rings (SSSR count). The van der Waals surface area contributed by atoms with Crippen LogP contribution in [0.5, 0.6) is 11.5 Å². The fraction of sp³-hybridized carbons (Fsp3) is 0.722. The topological polar surface area (TPSA) is 44.8 Å². The first kappa shape index (κ1) is 46.6. The lowest BCUT2D eigenvalue weighted by Crippen LogP contribution is -2.51. The molecule has 4 nitrogen and oxygen atoms in total. The Kier molecular flexibility index (Phi) is 17.1. The number of unbranched alkanes of at least 4 members (excludes halogenated alkanes) is 8. The van der Waals surface area contributed by atoms with Gasteiger partial charge in [0.25, 0.3) is 0 Å². The van der Waals surface area contributed by atoms with Gasteiger partial charge in [-0.05, 0) is 140 Å². The van der Waals surface area contributed by atoms with Crippen LogP contribution in [0.4, 0.5) is 8.78 Å². The van der Waals surface area contributed by atoms with Crippen LogP contribution < -0.4 is 9.47 Å². The first-order valence-corrected chi connectivity index (χ1v) is 24.7. The Bertz CT molecular complexity index is 1680. The van der Waals surface area contributed by atoms with Gasteiger partial charge < -0.3 is 14.2 Å². The number of halogens is 2. The SMILES string of the molecule is CCCCCCCCCCOc1ccc(-c2ccc(OCCCCC(=O)O[C@H]3CC[C@@]4(C)C(=CC[C@H]5[C@@H]6CC[C@H]([C@H](C)CCCC(C)C)[C@@]6(C)CC[C@@H]54)C3)cc2)c(F)c1F. The van der Waals surface area contributed by atoms with Gasteiger partial charge in [-0.25, -0.2) is 4.39 Å². The van der Waals surface area contributed by atoms with E-state index in [0.29, 0.717) is 42.8 Å². The van der Waals surface area contributed by atoms with Crippen LogP contribution in [0, 0.1) is 58.0 Å². The zero-order chi connectivity index (χ0) is 42.7. The molecule has 0 aliphatic heterocycles. The van der Waals surface area contributed by atoms with Gasteiger partial charge in [0.05, 0.1) is 13.2 Å². The molecule has 3 fully saturated rings. The number of carbonyl (C=O) groups is 1. The lowest BCUT2D eigenvalue weighted by atomic mass is 9.47. The number of fused-ring (bicyclic) bond motifs is 5. The van der Waals surface area contributed by atoms with Crippen molar-refractivity contribution in [1.29, 1.82) is 0 Å². The normalized spacial score (nSPS) is 27.8. The monoisotopic (exact) mass is 831 g/mol. The van der Waals surface area contributed by atoms with E-state index in [0.717, 1.165) is 80.5 Å². The number of carbonyl (C=O) groups excluding carboxylic acids is 1. The summed E-state index contributed by atoms with van der Waals surface area (Å²) in [6.07, 6.45) is 27.7. The molecule has 2 aromatic carbocycles. The Balaban J connectivity index is 0.884. The van der Waals surface area contributed by atoms with Gasteiger partial charge in [-0.2, -0.15) is 4.39 Å². The van der Waals surface area contributed by atoms with Crippen molar-refractivity contribution in [2.45, 2.75) is 189 Å². The summed E-state index contributed by atoms with van der Waals surface area (Å²) < 4.78 is 47.6. The number of allylic oxidation sites excluding steroid dienone is 1. The van der Waals surface area contributed by atoms with Gasteiger partial charge in [0.1, 0.15) is 11.9 Å². The van der Waals surface area contributed by atoms with E-state index in [-0.39, 0.29) is 28.8 Å². The number of hydrogen-bond donors (Lipinski definition) is 0. The summed E-state index contributed by atoms with van der Waals surface area (Å²) in [4.78, 5) is 13.0. The van der Waals surface area contributed by atoms with Crippen LogP contribution in [0.2, 0.25) is 0 Å². The van der Waals surface area contributed by atoms with Crippen molar-refractivity contribution >= 4 is 5.97 Å². The number of esters is 1. The smallest absolute Gasteiger partial charge is 0.306 e. The average molecular weight is 831 g/mol. The number of benzene rings is 2. The minimum atomic E-state index is -0.946. The summed E-state index contributed by atoms with van der Waals surface area (Å²) in [6.45, 7) is 15.6. The van der Waals surface area contributed by atoms with Crippen LogP contribution in [-0.2, 0) is 9.53 Å². The van der Waals surface area contributed by atoms with Gasteiger partial charge in [0.15, 0.2) is 11.6 Å². The van der Waals surface area contributed by atoms with Crippen LogP contribution in [0.1, 0.15) is 183 Å². The van der Waals surface area contributed by atoms with Crippen molar-refractivity contribution in [2.24, 2.45) is 46.3 Å². The number of rotatable bonds is 23. The van der Waals surface area contributed by atoms with Crippen LogP contribution in [-0.4, -0.2) is 25.3 Å². The molecule has 0 spiro atoms. The molecule has 4 aliphatic rings. The molecule has 8 atom stereocenters. The summed E-state index contributed by atoms with van der Waals surface area (Å²) in [7, 11) is 0. The Hall–Kier alpha value is -2.89. The van der Waals surface area contributed by atoms with E-state index in [1.165, 1.54) is 89.5 Å². The van der Waals surface area contributed by atoms with Crippen molar-refractivity contribution < 1.29 is 27.8 Å². The van der Waals surface area contributed by atoms with Crippen molar-refractivity contribution in [3.05, 3.63) is 59.7 Å². The zero-order valence-corrected chi connectivity index (χ0v) is 38.4. The highest BCUT2D eigenvalue weighted by molar-refractivity contribution is 5.69. The van der Waals surface area contributed by atoms with E-state index in [2.05, 4.69) is 47.6 Å². The molecule has 6 heteroatoms. The third-order valence-electron chi connectivity index (χ3n) is 16.1. The molecule has 0 N–H and O–H groups in total. The van der Waals surface area contributed by atoms with Gasteiger partial charge >= 0.3 is 5.97 Å². The highest BCUT2D eigenvalue weighted by atomic mass is 19.2. The van der Waals surface area contributed by atoms with Crippen LogP contribution in [0.15, 0.2) is 48.0 Å². The zero-order valence-electron chi connectivity index (χ0n) is 38.4. The second-order valence-electron chi connectivity index (χ2n) is 20.5. The number of ether oxygens (including phenoxy) is 3. The highest BCUT2D eigenvalue weighted by Gasteiger charge is 2.59. The molecule has 0 heterocycles. The second kappa shape index (κ2) is 22.0. The first-order chi connectivity index (χ1) is 28.9. The molecule has 0 aromatic heterocycles. The lowest BCUT2D eigenvalue weighted by molar-refractivity contribution is -0.151. The Morgan fingerprint density at radius 3 is 2.22 bits per heavy atom. The summed E-state index contributed by atoms with van der Waals surface area (Å²) >= 11 is 0. The van der Waals surface area contributed by atoms with E-state index in [1.807, 2.05) is 0 Å². The predicted molar refractivity (Wildman–Crippen MR) is 242 cm³/mol. The number of hydrogen-bond acceptors (Lipinski definition) is 4. The maximum absolute atomic E-state index is 15.1. The molecule has 334 valence electrons. The molecule has 2 aromatic rings. The van der Waals surface area contributed by atoms with Crippen molar-refractivity contribution in [3.8, 4) is 22.6 Å². The Morgan fingerprint density at radius 2 is 1.47 bits per heavy atom. The third kappa shape index (κ3) is 11.4. The predicted octanol–water partition coefficient (Wildman–Crippen LogP) is 15.7. The standard InChI is InChI=1S/C54H80F2O4/c1-7-8-9-10-11-12-13-15-36-59-49-30-27-44(51(55)52(49)56)40-21-24-42(25-22-40)58-35-16-14-20-50(57)60-43-31-33-53(5)41(37-43)23-26-45-47-29-28-46(39(4)19-17-18-38(2)3)54(47,6)34-32-48(45)53/h21-25,27,30,38-39,43,45-48H,7-20,26,28-29,31-37H2,1-6H3/t39-,43+,45+,46-,47+,48+,53+,54-/m1/s1. The molecule has 3 saturated carbocycles. The van der Waals surface area contributed by atoms with Gasteiger partial charge in [-0.15, -0.1) is 0 Å². The maximum Gasteiger partial charge on any atom is 0.306 e. The summed E-state index contributed by atoms with van der Waals surface area (Å²) in [6, 6.07) is 10.1. The summed E-state index contributed by atoms with van der Waals surface area (Å²) in [5.41, 5.74) is 3.08. The molecule has 4 aliphatic carbocycles. The average Bonchev–Trinajstić information content (AvgIpc) is 3.59. The molecular formula is C54H80F2O4. The molecule has 0 amide bonds. The van der Waals surface area contributed by atoms with Gasteiger partial charge in [-0.3, -0.25) is 4.79 Å². The summed E-state index contributed by atoms with van der Waals surface area (Å²) in [5.74, 6) is 3.63. The van der Waals surface area contributed by atoms with E-state index < -0.39 is 11.6 Å². The van der Waals surface area contributed by atoms with E-state index >= 15 is 4.39 Å². The van der Waals surface area contributed by atoms with Gasteiger partial charge in [0.2, 0.25) is 5.82 Å². The lowest BCUT2D eigenvalue weighted by Gasteiger charge is -2.58. The maximum atomic E-state index is 15.1. The summed E-state index contributed by atoms with van der Waals surface area (Å²) in [5, 5.41) is 0. The quantitative estimate of drug-likeness (QED) is 0.0636. The molecule has 0 saturated heterocycles. The molecule has 60 heavy (non-hydrogen) atoms. The molecular weight excluding hydrogens is 751 g/mol. The fourth-order valence-corrected chi connectivity index (χ4v) is 12.6. The minimum Gasteiger partial charge on any atom is -0.494 e. The third-order valence-corrected chi connectivity index (χ3v) is 16.1. The van der Waals surface area contributed by atoms with Crippen LogP contribution >= 0.6 is 0 Å². The first-order valence-electron chi connectivity index (χ1n) is 24.7. The van der Waals surface area contributed by atoms with Gasteiger partial charge in [0, 0.05) is 18.4 Å². The van der Waals surface area contributed by atoms with Crippen LogP contribution in [0.3, 0.4) is 0 Å². The largest absolute Gasteiger partial charge is 0.494 e. The van der Waals surface area contributed by atoms with E-state index in [4.69, 9.17) is 14.2 Å². The van der Waals surface area contributed by atoms with Crippen molar-refractivity contribution in [2.75, 3.05) is 13.2 Å². The van der Waals surface area contributed by atoms with Crippen LogP contribution in [0.25, 0.3) is 11.1 Å². The molecule has 0 radical (unpaired) electrons. The van der Waals surface area contributed by atoms with Crippen molar-refractivity contribution in [3.63, 3.8) is 0 Å². The Labute approximate surface area is 363 Å². The fourth-order valence-electron chi connectivity index (χ4n) is 12.6. The van der Waals surface area contributed by atoms with E-state index in [1.54, 1.807) is 35.9 Å². The Morgan fingerprint density at radius 1 is 0.750 bits per heavy atom. The second-order valence-corrected chi connectivity index (χ2v) is 20.5. The minimum absolute atomic E-state index is 0.0127. The molecule has 0 bridgehead atoms. The highest BCUT2D eigenvalue weighted by Crippen LogP contribution is 2.67. The molecule has 0 unspecified atom stereocenters. The van der Waals surface area contributed by atoms with E-state index in [9.17, 15) is 9.18 Å².